The molecule has 1 amide bonds. The van der Waals surface area contributed by atoms with Crippen LogP contribution in [0.2, 0.25) is 0 Å². The van der Waals surface area contributed by atoms with Crippen LogP contribution in [0.5, 0.6) is 0 Å². The molecule has 0 bridgehead atoms. The molecule has 4 nitrogen and oxygen atoms in total. The fourth-order valence-corrected chi connectivity index (χ4v) is 1.34. The van der Waals surface area contributed by atoms with E-state index < -0.39 is 0 Å². The zero-order valence-corrected chi connectivity index (χ0v) is 7.68. The number of carbonyl (C=O) groups is 1. The standard InChI is InChI=1S/C7H6BrN3O/c8-5-2-1-4-7(11-5)9-3-6(12)10-4/h1-2H,3H2,(H,9,11)(H,10,12). The molecule has 0 atom stereocenters. The number of nitrogens with zero attached hydrogens (tertiary/aromatic N) is 1. The molecule has 0 aromatic carbocycles. The molecule has 2 heterocycles. The van der Waals surface area contributed by atoms with E-state index in [1.165, 1.54) is 0 Å². The highest BCUT2D eigenvalue weighted by atomic mass is 79.9. The monoisotopic (exact) mass is 227 g/mol. The number of fused-ring (bicyclic) bond motifs is 1. The Labute approximate surface area is 77.5 Å². The van der Waals surface area contributed by atoms with Gasteiger partial charge in [0.1, 0.15) is 4.60 Å². The van der Waals surface area contributed by atoms with E-state index in [-0.39, 0.29) is 12.5 Å². The molecule has 2 rings (SSSR count). The van der Waals surface area contributed by atoms with Gasteiger partial charge in [-0.2, -0.15) is 0 Å². The van der Waals surface area contributed by atoms with Crippen LogP contribution in [0.15, 0.2) is 16.7 Å². The van der Waals surface area contributed by atoms with Crippen molar-refractivity contribution in [1.82, 2.24) is 4.98 Å². The molecular weight excluding hydrogens is 222 g/mol. The predicted molar refractivity (Wildman–Crippen MR) is 49.1 cm³/mol. The Morgan fingerprint density at radius 2 is 2.33 bits per heavy atom. The van der Waals surface area contributed by atoms with E-state index in [0.717, 1.165) is 10.3 Å². The first-order valence-corrected chi connectivity index (χ1v) is 4.25. The molecule has 12 heavy (non-hydrogen) atoms. The van der Waals surface area contributed by atoms with Gasteiger partial charge < -0.3 is 10.6 Å². The third kappa shape index (κ3) is 1.27. The fraction of sp³-hybridized carbons (Fsp3) is 0.143. The number of pyridine rings is 1. The number of halogens is 1. The summed E-state index contributed by atoms with van der Waals surface area (Å²) in [5.74, 6) is 0.676. The van der Waals surface area contributed by atoms with Gasteiger partial charge in [0.15, 0.2) is 5.82 Å². The maximum Gasteiger partial charge on any atom is 0.243 e. The van der Waals surface area contributed by atoms with Gasteiger partial charge in [0.25, 0.3) is 0 Å². The van der Waals surface area contributed by atoms with Crippen LogP contribution in [0, 0.1) is 0 Å². The van der Waals surface area contributed by atoms with Crippen molar-refractivity contribution in [2.45, 2.75) is 0 Å². The molecular formula is C7H6BrN3O. The summed E-state index contributed by atoms with van der Waals surface area (Å²) in [4.78, 5) is 15.0. The van der Waals surface area contributed by atoms with Crippen molar-refractivity contribution >= 4 is 33.3 Å². The second-order valence-corrected chi connectivity index (χ2v) is 3.24. The van der Waals surface area contributed by atoms with Crippen LogP contribution >= 0.6 is 15.9 Å². The van der Waals surface area contributed by atoms with Gasteiger partial charge in [0.05, 0.1) is 12.2 Å². The molecule has 2 N–H and O–H groups in total. The lowest BCUT2D eigenvalue weighted by atomic mass is 10.3. The van der Waals surface area contributed by atoms with Crippen LogP contribution in [0.1, 0.15) is 0 Å². The average molecular weight is 228 g/mol. The molecule has 0 unspecified atom stereocenters. The van der Waals surface area contributed by atoms with Crippen LogP contribution in [0.3, 0.4) is 0 Å². The molecule has 62 valence electrons. The molecule has 0 spiro atoms. The molecule has 1 aliphatic rings. The van der Waals surface area contributed by atoms with Crippen molar-refractivity contribution in [1.29, 1.82) is 0 Å². The van der Waals surface area contributed by atoms with E-state index >= 15 is 0 Å². The molecule has 1 aromatic heterocycles. The SMILES string of the molecule is O=C1CNc2nc(Br)ccc2N1. The van der Waals surface area contributed by atoms with Crippen molar-refractivity contribution in [2.24, 2.45) is 0 Å². The number of aromatic nitrogens is 1. The quantitative estimate of drug-likeness (QED) is 0.656. The van der Waals surface area contributed by atoms with Gasteiger partial charge in [-0.25, -0.2) is 4.98 Å². The molecule has 1 aliphatic heterocycles. The molecule has 0 saturated heterocycles. The van der Waals surface area contributed by atoms with Crippen molar-refractivity contribution in [3.8, 4) is 0 Å². The van der Waals surface area contributed by atoms with E-state index in [2.05, 4.69) is 31.5 Å². The zero-order valence-electron chi connectivity index (χ0n) is 6.10. The number of amides is 1. The summed E-state index contributed by atoms with van der Waals surface area (Å²) in [6, 6.07) is 3.59. The van der Waals surface area contributed by atoms with Gasteiger partial charge in [-0.05, 0) is 28.1 Å². The maximum atomic E-state index is 10.9. The lowest BCUT2D eigenvalue weighted by molar-refractivity contribution is -0.114. The van der Waals surface area contributed by atoms with Crippen LogP contribution in [0.25, 0.3) is 0 Å². The number of anilines is 2. The van der Waals surface area contributed by atoms with E-state index in [1.54, 1.807) is 12.1 Å². The van der Waals surface area contributed by atoms with Gasteiger partial charge in [0.2, 0.25) is 5.91 Å². The second kappa shape index (κ2) is 2.75. The van der Waals surface area contributed by atoms with Gasteiger partial charge in [0, 0.05) is 0 Å². The fourth-order valence-electron chi connectivity index (χ4n) is 1.03. The van der Waals surface area contributed by atoms with Crippen molar-refractivity contribution in [3.63, 3.8) is 0 Å². The normalized spacial score (nSPS) is 14.6. The molecule has 0 aliphatic carbocycles. The van der Waals surface area contributed by atoms with Crippen LogP contribution in [-0.2, 0) is 4.79 Å². The smallest absolute Gasteiger partial charge is 0.243 e. The molecule has 1 aromatic rings. The lowest BCUT2D eigenvalue weighted by Gasteiger charge is -2.16. The summed E-state index contributed by atoms with van der Waals surface area (Å²) >= 11 is 3.24. The Hall–Kier alpha value is -1.10. The first kappa shape index (κ1) is 7.54. The molecule has 0 radical (unpaired) electrons. The minimum atomic E-state index is -0.0355. The average Bonchev–Trinajstić information content (AvgIpc) is 2.05. The van der Waals surface area contributed by atoms with E-state index in [4.69, 9.17) is 0 Å². The summed E-state index contributed by atoms with van der Waals surface area (Å²) in [5, 5.41) is 5.60. The Balaban J connectivity index is 2.43. The van der Waals surface area contributed by atoms with E-state index in [0.29, 0.717) is 5.82 Å². The maximum absolute atomic E-state index is 10.9. The molecule has 5 heteroatoms. The first-order chi connectivity index (χ1) is 5.75. The van der Waals surface area contributed by atoms with Crippen LogP contribution in [0.4, 0.5) is 11.5 Å². The topological polar surface area (TPSA) is 54.0 Å². The Bertz CT molecular complexity index is 339. The number of hydrogen-bond donors (Lipinski definition) is 2. The van der Waals surface area contributed by atoms with Crippen LogP contribution < -0.4 is 10.6 Å². The van der Waals surface area contributed by atoms with Crippen molar-refractivity contribution < 1.29 is 4.79 Å². The summed E-state index contributed by atoms with van der Waals surface area (Å²) < 4.78 is 0.755. The summed E-state index contributed by atoms with van der Waals surface area (Å²) in [7, 11) is 0. The van der Waals surface area contributed by atoms with E-state index in [1.807, 2.05) is 0 Å². The first-order valence-electron chi connectivity index (χ1n) is 3.46. The Morgan fingerprint density at radius 3 is 3.17 bits per heavy atom. The summed E-state index contributed by atoms with van der Waals surface area (Å²) in [5.41, 5.74) is 0.731. The summed E-state index contributed by atoms with van der Waals surface area (Å²) in [6.45, 7) is 0.288. The third-order valence-corrected chi connectivity index (χ3v) is 1.99. The largest absolute Gasteiger partial charge is 0.359 e. The predicted octanol–water partition coefficient (Wildman–Crippen LogP) is 1.21. The Morgan fingerprint density at radius 1 is 1.50 bits per heavy atom. The Kier molecular flexibility index (Phi) is 1.73. The van der Waals surface area contributed by atoms with Gasteiger partial charge in [-0.15, -0.1) is 0 Å². The third-order valence-electron chi connectivity index (χ3n) is 1.55. The molecule has 0 saturated carbocycles. The summed E-state index contributed by atoms with van der Waals surface area (Å²) in [6.07, 6.45) is 0. The molecule has 0 fully saturated rings. The highest BCUT2D eigenvalue weighted by molar-refractivity contribution is 9.10. The van der Waals surface area contributed by atoms with E-state index in [9.17, 15) is 4.79 Å². The van der Waals surface area contributed by atoms with Crippen molar-refractivity contribution in [2.75, 3.05) is 17.2 Å². The van der Waals surface area contributed by atoms with Crippen molar-refractivity contribution in [3.05, 3.63) is 16.7 Å². The zero-order chi connectivity index (χ0) is 8.55. The second-order valence-electron chi connectivity index (χ2n) is 2.43. The number of hydrogen-bond acceptors (Lipinski definition) is 3. The van der Waals surface area contributed by atoms with Gasteiger partial charge in [-0.1, -0.05) is 0 Å². The number of nitrogens with one attached hydrogen (secondary N) is 2. The number of carbonyl (C=O) groups excluding carboxylic acids is 1. The minimum absolute atomic E-state index is 0.0355. The van der Waals surface area contributed by atoms with Crippen LogP contribution in [-0.4, -0.2) is 17.4 Å². The number of rotatable bonds is 0. The van der Waals surface area contributed by atoms with Gasteiger partial charge >= 0.3 is 0 Å². The minimum Gasteiger partial charge on any atom is -0.359 e. The van der Waals surface area contributed by atoms with Gasteiger partial charge in [-0.3, -0.25) is 4.79 Å². The highest BCUT2D eigenvalue weighted by Gasteiger charge is 2.14. The highest BCUT2D eigenvalue weighted by Crippen LogP contribution is 2.23. The lowest BCUT2D eigenvalue weighted by Crippen LogP contribution is -2.27.